The topological polar surface area (TPSA) is 101 Å². The predicted molar refractivity (Wildman–Crippen MR) is 111 cm³/mol. The summed E-state index contributed by atoms with van der Waals surface area (Å²) in [6.07, 6.45) is 7.09. The molecular formula is C20H30ClN3O3S. The minimum atomic E-state index is -3.57. The molecule has 3 aliphatic carbocycles. The van der Waals surface area contributed by atoms with Gasteiger partial charge in [0.15, 0.2) is 0 Å². The van der Waals surface area contributed by atoms with Crippen LogP contribution in [-0.4, -0.2) is 32.5 Å². The number of nitrogens with one attached hydrogen (secondary N) is 2. The summed E-state index contributed by atoms with van der Waals surface area (Å²) in [5.41, 5.74) is 7.41. The van der Waals surface area contributed by atoms with E-state index in [9.17, 15) is 13.2 Å². The Bertz CT molecular complexity index is 827. The third kappa shape index (κ3) is 4.53. The first-order valence-electron chi connectivity index (χ1n) is 10.0. The highest BCUT2D eigenvalue weighted by Crippen LogP contribution is 2.39. The molecule has 4 N–H and O–H groups in total. The molecule has 1 aromatic rings. The van der Waals surface area contributed by atoms with Gasteiger partial charge in [0.1, 0.15) is 0 Å². The van der Waals surface area contributed by atoms with Crippen molar-refractivity contribution < 1.29 is 13.2 Å². The maximum Gasteiger partial charge on any atom is 0.251 e. The zero-order valence-corrected chi connectivity index (χ0v) is 17.8. The van der Waals surface area contributed by atoms with E-state index < -0.39 is 10.0 Å². The van der Waals surface area contributed by atoms with Crippen molar-refractivity contribution in [1.82, 2.24) is 10.0 Å². The summed E-state index contributed by atoms with van der Waals surface area (Å²) in [4.78, 5) is 13.2. The molecule has 0 heterocycles. The fourth-order valence-corrected chi connectivity index (χ4v) is 6.09. The van der Waals surface area contributed by atoms with Crippen molar-refractivity contribution in [1.29, 1.82) is 0 Å². The molecule has 0 saturated heterocycles. The van der Waals surface area contributed by atoms with E-state index in [1.54, 1.807) is 12.1 Å². The number of hydrogen-bond acceptors (Lipinski definition) is 4. The first-order chi connectivity index (χ1) is 12.8. The number of sulfonamides is 1. The van der Waals surface area contributed by atoms with Gasteiger partial charge in [-0.2, -0.15) is 0 Å². The number of nitrogens with two attached hydrogens (primary N) is 1. The first-order valence-corrected chi connectivity index (χ1v) is 11.5. The SMILES string of the molecule is Cc1ccc(S(=O)(=O)NC2CC2)cc1C(=O)NC1C2CCCC1CC(N)C2.Cl. The Morgan fingerprint density at radius 3 is 2.36 bits per heavy atom. The van der Waals surface area contributed by atoms with Crippen molar-refractivity contribution >= 4 is 28.3 Å². The van der Waals surface area contributed by atoms with Gasteiger partial charge in [-0.15, -0.1) is 12.4 Å². The van der Waals surface area contributed by atoms with E-state index in [0.717, 1.165) is 44.1 Å². The largest absolute Gasteiger partial charge is 0.349 e. The van der Waals surface area contributed by atoms with Crippen LogP contribution < -0.4 is 15.8 Å². The van der Waals surface area contributed by atoms with Gasteiger partial charge in [-0.3, -0.25) is 4.79 Å². The molecule has 2 unspecified atom stereocenters. The monoisotopic (exact) mass is 427 g/mol. The molecule has 0 radical (unpaired) electrons. The Kier molecular flexibility index (Phi) is 6.39. The quantitative estimate of drug-likeness (QED) is 0.671. The van der Waals surface area contributed by atoms with Gasteiger partial charge in [0.25, 0.3) is 5.91 Å². The average Bonchev–Trinajstić information content (AvgIpc) is 3.39. The summed E-state index contributed by atoms with van der Waals surface area (Å²) in [6.45, 7) is 1.84. The molecule has 3 fully saturated rings. The van der Waals surface area contributed by atoms with Crippen LogP contribution in [0.2, 0.25) is 0 Å². The van der Waals surface area contributed by atoms with Crippen LogP contribution in [0.15, 0.2) is 23.1 Å². The summed E-state index contributed by atoms with van der Waals surface area (Å²) in [5.74, 6) is 0.689. The van der Waals surface area contributed by atoms with Crippen LogP contribution in [0.3, 0.4) is 0 Å². The summed E-state index contributed by atoms with van der Waals surface area (Å²) in [7, 11) is -3.57. The number of aryl methyl sites for hydroxylation is 1. The zero-order chi connectivity index (χ0) is 19.2. The van der Waals surface area contributed by atoms with Crippen LogP contribution in [-0.2, 0) is 10.0 Å². The predicted octanol–water partition coefficient (Wildman–Crippen LogP) is 2.49. The fourth-order valence-electron chi connectivity index (χ4n) is 4.76. The van der Waals surface area contributed by atoms with Crippen LogP contribution in [0.1, 0.15) is 60.9 Å². The molecular weight excluding hydrogens is 398 g/mol. The van der Waals surface area contributed by atoms with E-state index in [2.05, 4.69) is 10.0 Å². The van der Waals surface area contributed by atoms with Crippen molar-refractivity contribution in [2.45, 2.75) is 74.9 Å². The lowest BCUT2D eigenvalue weighted by Crippen LogP contribution is -2.53. The van der Waals surface area contributed by atoms with Crippen molar-refractivity contribution in [3.63, 3.8) is 0 Å². The second-order valence-corrected chi connectivity index (χ2v) is 10.3. The lowest BCUT2D eigenvalue weighted by atomic mass is 9.67. The number of carbonyl (C=O) groups excluding carboxylic acids is 1. The second-order valence-electron chi connectivity index (χ2n) is 8.55. The van der Waals surface area contributed by atoms with Crippen LogP contribution in [0, 0.1) is 18.8 Å². The number of benzene rings is 1. The molecule has 0 aromatic heterocycles. The van der Waals surface area contributed by atoms with Gasteiger partial charge in [0.2, 0.25) is 10.0 Å². The molecule has 28 heavy (non-hydrogen) atoms. The Labute approximate surface area is 173 Å². The number of rotatable bonds is 5. The molecule has 1 amide bonds. The highest BCUT2D eigenvalue weighted by molar-refractivity contribution is 7.89. The molecule has 3 aliphatic rings. The number of hydrogen-bond donors (Lipinski definition) is 3. The van der Waals surface area contributed by atoms with Crippen LogP contribution >= 0.6 is 12.4 Å². The van der Waals surface area contributed by atoms with E-state index in [-0.39, 0.29) is 41.3 Å². The number of fused-ring (bicyclic) bond motifs is 2. The zero-order valence-electron chi connectivity index (χ0n) is 16.2. The van der Waals surface area contributed by atoms with E-state index in [4.69, 9.17) is 5.73 Å². The molecule has 156 valence electrons. The van der Waals surface area contributed by atoms with Gasteiger partial charge in [-0.05, 0) is 75.0 Å². The van der Waals surface area contributed by atoms with Gasteiger partial charge in [0.05, 0.1) is 4.90 Å². The molecule has 0 aliphatic heterocycles. The molecule has 3 saturated carbocycles. The first kappa shape index (κ1) is 21.6. The Morgan fingerprint density at radius 1 is 1.11 bits per heavy atom. The van der Waals surface area contributed by atoms with E-state index >= 15 is 0 Å². The van der Waals surface area contributed by atoms with Crippen LogP contribution in [0.4, 0.5) is 0 Å². The standard InChI is InChI=1S/C20H29N3O3S.ClH/c1-12-5-8-17(27(25,26)23-16-6-7-16)11-18(12)20(24)22-19-13-3-2-4-14(19)10-15(21)9-13;/h5,8,11,13-16,19,23H,2-4,6-7,9-10,21H2,1H3,(H,22,24);1H. The maximum atomic E-state index is 13.0. The molecule has 8 heteroatoms. The molecule has 0 spiro atoms. The molecule has 1 aromatic carbocycles. The molecule has 2 bridgehead atoms. The third-order valence-corrected chi connectivity index (χ3v) is 7.86. The smallest absolute Gasteiger partial charge is 0.251 e. The minimum absolute atomic E-state index is 0. The summed E-state index contributed by atoms with van der Waals surface area (Å²) in [6, 6.07) is 5.23. The van der Waals surface area contributed by atoms with E-state index in [1.165, 1.54) is 12.5 Å². The Hall–Kier alpha value is -1.15. The van der Waals surface area contributed by atoms with Gasteiger partial charge in [0, 0.05) is 23.7 Å². The fraction of sp³-hybridized carbons (Fsp3) is 0.650. The van der Waals surface area contributed by atoms with Gasteiger partial charge in [-0.1, -0.05) is 12.5 Å². The molecule has 4 rings (SSSR count). The molecule has 2 atom stereocenters. The van der Waals surface area contributed by atoms with E-state index in [1.807, 2.05) is 6.92 Å². The van der Waals surface area contributed by atoms with Crippen LogP contribution in [0.25, 0.3) is 0 Å². The summed E-state index contributed by atoms with van der Waals surface area (Å²) in [5, 5.41) is 3.22. The summed E-state index contributed by atoms with van der Waals surface area (Å²) < 4.78 is 27.7. The number of amides is 1. The lowest BCUT2D eigenvalue weighted by molar-refractivity contribution is 0.0755. The second kappa shape index (κ2) is 8.30. The third-order valence-electron chi connectivity index (χ3n) is 6.34. The number of halogens is 1. The Balaban J connectivity index is 0.00000225. The van der Waals surface area contributed by atoms with E-state index in [0.29, 0.717) is 17.4 Å². The average molecular weight is 428 g/mol. The van der Waals surface area contributed by atoms with Crippen LogP contribution in [0.5, 0.6) is 0 Å². The normalized spacial score (nSPS) is 29.6. The summed E-state index contributed by atoms with van der Waals surface area (Å²) >= 11 is 0. The van der Waals surface area contributed by atoms with Gasteiger partial charge in [-0.25, -0.2) is 13.1 Å². The minimum Gasteiger partial charge on any atom is -0.349 e. The Morgan fingerprint density at radius 2 is 1.75 bits per heavy atom. The maximum absolute atomic E-state index is 13.0. The molecule has 6 nitrogen and oxygen atoms in total. The highest BCUT2D eigenvalue weighted by Gasteiger charge is 2.40. The van der Waals surface area contributed by atoms with Crippen molar-refractivity contribution in [3.05, 3.63) is 29.3 Å². The van der Waals surface area contributed by atoms with Crippen molar-refractivity contribution in [2.24, 2.45) is 17.6 Å². The lowest BCUT2D eigenvalue weighted by Gasteiger charge is -2.45. The number of carbonyl (C=O) groups is 1. The van der Waals surface area contributed by atoms with Gasteiger partial charge < -0.3 is 11.1 Å². The van der Waals surface area contributed by atoms with Gasteiger partial charge >= 0.3 is 0 Å². The van der Waals surface area contributed by atoms with Crippen molar-refractivity contribution in [2.75, 3.05) is 0 Å². The highest BCUT2D eigenvalue weighted by atomic mass is 35.5. The van der Waals surface area contributed by atoms with Crippen molar-refractivity contribution in [3.8, 4) is 0 Å².